The zero-order chi connectivity index (χ0) is 13.7. The molecule has 1 atom stereocenters. The number of aryl methyl sites for hydroxylation is 2. The number of benzene rings is 1. The molecular formula is C15H20ClN3. The fraction of sp³-hybridized carbons (Fsp3) is 0.400. The van der Waals surface area contributed by atoms with Crippen molar-refractivity contribution in [2.24, 2.45) is 18.7 Å². The molecule has 102 valence electrons. The summed E-state index contributed by atoms with van der Waals surface area (Å²) in [6.07, 6.45) is 7.12. The van der Waals surface area contributed by atoms with Gasteiger partial charge in [0.15, 0.2) is 0 Å². The average Bonchev–Trinajstić information content (AvgIpc) is 2.82. The fourth-order valence-electron chi connectivity index (χ4n) is 2.23. The molecule has 0 saturated carbocycles. The van der Waals surface area contributed by atoms with Crippen molar-refractivity contribution in [2.45, 2.75) is 19.3 Å². The van der Waals surface area contributed by atoms with E-state index in [-0.39, 0.29) is 0 Å². The number of hydrogen-bond acceptors (Lipinski definition) is 2. The van der Waals surface area contributed by atoms with Gasteiger partial charge in [-0.1, -0.05) is 23.7 Å². The molecule has 0 bridgehead atoms. The maximum Gasteiger partial charge on any atom is 0.0521 e. The number of nitrogens with zero attached hydrogens (tertiary/aromatic N) is 2. The van der Waals surface area contributed by atoms with Gasteiger partial charge in [0.05, 0.1) is 6.20 Å². The van der Waals surface area contributed by atoms with Gasteiger partial charge in [-0.3, -0.25) is 4.68 Å². The van der Waals surface area contributed by atoms with Gasteiger partial charge in [-0.15, -0.1) is 0 Å². The van der Waals surface area contributed by atoms with Gasteiger partial charge in [0.1, 0.15) is 0 Å². The Morgan fingerprint density at radius 1 is 1.26 bits per heavy atom. The predicted molar refractivity (Wildman–Crippen MR) is 79.2 cm³/mol. The summed E-state index contributed by atoms with van der Waals surface area (Å²) in [4.78, 5) is 0. The first kappa shape index (κ1) is 14.1. The predicted octanol–water partition coefficient (Wildman–Crippen LogP) is 2.82. The van der Waals surface area contributed by atoms with Crippen LogP contribution in [0.15, 0.2) is 36.7 Å². The van der Waals surface area contributed by atoms with Gasteiger partial charge in [0.2, 0.25) is 0 Å². The lowest BCUT2D eigenvalue weighted by atomic mass is 9.94. The van der Waals surface area contributed by atoms with Crippen LogP contribution in [0.4, 0.5) is 0 Å². The number of aromatic nitrogens is 2. The van der Waals surface area contributed by atoms with E-state index < -0.39 is 0 Å². The van der Waals surface area contributed by atoms with Crippen molar-refractivity contribution < 1.29 is 0 Å². The second kappa shape index (κ2) is 6.73. The maximum atomic E-state index is 5.89. The lowest BCUT2D eigenvalue weighted by Crippen LogP contribution is -2.17. The SMILES string of the molecule is Cn1cc(CCC(CN)Cc2ccc(Cl)cc2)cn1. The third kappa shape index (κ3) is 4.37. The van der Waals surface area contributed by atoms with E-state index in [1.54, 1.807) is 0 Å². The van der Waals surface area contributed by atoms with Gasteiger partial charge in [-0.25, -0.2) is 0 Å². The van der Waals surface area contributed by atoms with Crippen molar-refractivity contribution in [1.82, 2.24) is 9.78 Å². The average molecular weight is 278 g/mol. The Kier molecular flexibility index (Phi) is 5.00. The highest BCUT2D eigenvalue weighted by Gasteiger charge is 2.09. The highest BCUT2D eigenvalue weighted by molar-refractivity contribution is 6.30. The number of hydrogen-bond donors (Lipinski definition) is 1. The molecule has 1 aromatic heterocycles. The van der Waals surface area contributed by atoms with Crippen LogP contribution in [-0.2, 0) is 19.9 Å². The Hall–Kier alpha value is -1.32. The Morgan fingerprint density at radius 2 is 2.00 bits per heavy atom. The molecule has 0 aliphatic heterocycles. The lowest BCUT2D eigenvalue weighted by Gasteiger charge is -2.14. The summed E-state index contributed by atoms with van der Waals surface area (Å²) in [7, 11) is 1.94. The van der Waals surface area contributed by atoms with E-state index in [2.05, 4.69) is 23.4 Å². The molecule has 0 saturated heterocycles. The third-order valence-electron chi connectivity index (χ3n) is 3.37. The largest absolute Gasteiger partial charge is 0.330 e. The summed E-state index contributed by atoms with van der Waals surface area (Å²) < 4.78 is 1.84. The molecule has 2 aromatic rings. The summed E-state index contributed by atoms with van der Waals surface area (Å²) in [5, 5.41) is 4.97. The molecule has 2 rings (SSSR count). The van der Waals surface area contributed by atoms with E-state index in [9.17, 15) is 0 Å². The minimum atomic E-state index is 0.501. The third-order valence-corrected chi connectivity index (χ3v) is 3.62. The van der Waals surface area contributed by atoms with Crippen molar-refractivity contribution in [2.75, 3.05) is 6.54 Å². The van der Waals surface area contributed by atoms with Crippen LogP contribution in [-0.4, -0.2) is 16.3 Å². The van der Waals surface area contributed by atoms with Crippen LogP contribution in [0, 0.1) is 5.92 Å². The van der Waals surface area contributed by atoms with Crippen molar-refractivity contribution >= 4 is 11.6 Å². The fourth-order valence-corrected chi connectivity index (χ4v) is 2.35. The first-order valence-electron chi connectivity index (χ1n) is 6.59. The van der Waals surface area contributed by atoms with Gasteiger partial charge < -0.3 is 5.73 Å². The Labute approximate surface area is 119 Å². The molecule has 19 heavy (non-hydrogen) atoms. The first-order valence-corrected chi connectivity index (χ1v) is 6.97. The van der Waals surface area contributed by atoms with Crippen LogP contribution >= 0.6 is 11.6 Å². The molecule has 0 spiro atoms. The van der Waals surface area contributed by atoms with Crippen LogP contribution in [0.1, 0.15) is 17.5 Å². The highest BCUT2D eigenvalue weighted by Crippen LogP contribution is 2.16. The van der Waals surface area contributed by atoms with Crippen molar-refractivity contribution in [3.8, 4) is 0 Å². The molecule has 0 aliphatic rings. The van der Waals surface area contributed by atoms with Crippen molar-refractivity contribution in [3.63, 3.8) is 0 Å². The Morgan fingerprint density at radius 3 is 2.58 bits per heavy atom. The summed E-state index contributed by atoms with van der Waals surface area (Å²) in [5.41, 5.74) is 8.45. The molecule has 1 unspecified atom stereocenters. The van der Waals surface area contributed by atoms with E-state index in [1.165, 1.54) is 11.1 Å². The molecule has 0 amide bonds. The second-order valence-electron chi connectivity index (χ2n) is 4.99. The summed E-state index contributed by atoms with van der Waals surface area (Å²) >= 11 is 5.89. The molecule has 4 heteroatoms. The molecule has 1 aromatic carbocycles. The number of halogens is 1. The lowest BCUT2D eigenvalue weighted by molar-refractivity contribution is 0.494. The molecule has 0 aliphatic carbocycles. The standard InChI is InChI=1S/C15H20ClN3/c1-19-11-14(10-18-19)3-2-13(9-17)8-12-4-6-15(16)7-5-12/h4-7,10-11,13H,2-3,8-9,17H2,1H3. The van der Waals surface area contributed by atoms with Gasteiger partial charge in [-0.05, 0) is 55.0 Å². The van der Waals surface area contributed by atoms with Crippen LogP contribution in [0.5, 0.6) is 0 Å². The number of rotatable bonds is 6. The molecule has 3 nitrogen and oxygen atoms in total. The summed E-state index contributed by atoms with van der Waals surface area (Å²) in [6, 6.07) is 8.03. The molecule has 0 fully saturated rings. The first-order chi connectivity index (χ1) is 9.17. The number of nitrogens with two attached hydrogens (primary N) is 1. The Bertz CT molecular complexity index is 504. The molecular weight excluding hydrogens is 258 g/mol. The van der Waals surface area contributed by atoms with E-state index in [0.717, 1.165) is 24.3 Å². The maximum absolute atomic E-state index is 5.89. The van der Waals surface area contributed by atoms with Crippen LogP contribution in [0.25, 0.3) is 0 Å². The van der Waals surface area contributed by atoms with Crippen molar-refractivity contribution in [1.29, 1.82) is 0 Å². The zero-order valence-electron chi connectivity index (χ0n) is 11.2. The van der Waals surface area contributed by atoms with Gasteiger partial charge in [0, 0.05) is 18.3 Å². The van der Waals surface area contributed by atoms with Crippen LogP contribution < -0.4 is 5.73 Å². The zero-order valence-corrected chi connectivity index (χ0v) is 12.0. The summed E-state index contributed by atoms with van der Waals surface area (Å²) in [6.45, 7) is 0.711. The van der Waals surface area contributed by atoms with E-state index in [1.807, 2.05) is 30.1 Å². The molecule has 1 heterocycles. The minimum Gasteiger partial charge on any atom is -0.330 e. The van der Waals surface area contributed by atoms with Crippen molar-refractivity contribution in [3.05, 3.63) is 52.8 Å². The smallest absolute Gasteiger partial charge is 0.0521 e. The topological polar surface area (TPSA) is 43.8 Å². The second-order valence-corrected chi connectivity index (χ2v) is 5.43. The van der Waals surface area contributed by atoms with Gasteiger partial charge >= 0.3 is 0 Å². The van der Waals surface area contributed by atoms with Gasteiger partial charge in [-0.2, -0.15) is 5.10 Å². The van der Waals surface area contributed by atoms with Crippen LogP contribution in [0.3, 0.4) is 0 Å². The van der Waals surface area contributed by atoms with Gasteiger partial charge in [0.25, 0.3) is 0 Å². The van der Waals surface area contributed by atoms with E-state index in [4.69, 9.17) is 17.3 Å². The van der Waals surface area contributed by atoms with Crippen LogP contribution in [0.2, 0.25) is 5.02 Å². The van der Waals surface area contributed by atoms with E-state index in [0.29, 0.717) is 12.5 Å². The van der Waals surface area contributed by atoms with E-state index >= 15 is 0 Å². The highest BCUT2D eigenvalue weighted by atomic mass is 35.5. The molecule has 2 N–H and O–H groups in total. The normalized spacial score (nSPS) is 12.6. The minimum absolute atomic E-state index is 0.501. The summed E-state index contributed by atoms with van der Waals surface area (Å²) in [5.74, 6) is 0.501. The Balaban J connectivity index is 1.87. The monoisotopic (exact) mass is 277 g/mol. The quantitative estimate of drug-likeness (QED) is 0.882. The molecule has 0 radical (unpaired) electrons.